The van der Waals surface area contributed by atoms with Gasteiger partial charge in [-0.2, -0.15) is 0 Å². The van der Waals surface area contributed by atoms with Gasteiger partial charge in [0, 0.05) is 38.8 Å². The summed E-state index contributed by atoms with van der Waals surface area (Å²) in [5.74, 6) is 0. The highest BCUT2D eigenvalue weighted by Crippen LogP contribution is 1.98. The minimum absolute atomic E-state index is 0.0772. The predicted molar refractivity (Wildman–Crippen MR) is 63.8 cm³/mol. The molecule has 0 aromatic heterocycles. The highest BCUT2D eigenvalue weighted by atomic mass is 16.5. The average Bonchev–Trinajstić information content (AvgIpc) is 2.25. The Morgan fingerprint density at radius 2 is 1.88 bits per heavy atom. The van der Waals surface area contributed by atoms with Gasteiger partial charge in [-0.15, -0.1) is 0 Å². The zero-order valence-corrected chi connectivity index (χ0v) is 9.81. The molecule has 0 spiro atoms. The number of nitrogens with zero attached hydrogens (tertiary/aromatic N) is 1. The molecule has 0 aromatic carbocycles. The van der Waals surface area contributed by atoms with E-state index in [1.807, 2.05) is 0 Å². The molecule has 0 saturated carbocycles. The largest absolute Gasteiger partial charge is 0.468 e. The molecule has 96 valence electrons. The summed E-state index contributed by atoms with van der Waals surface area (Å²) in [5, 5.41) is 0. The van der Waals surface area contributed by atoms with Crippen molar-refractivity contribution in [2.24, 2.45) is 17.2 Å². The predicted octanol–water partition coefficient (Wildman–Crippen LogP) is -1.51. The fourth-order valence-electron chi connectivity index (χ4n) is 1.56. The van der Waals surface area contributed by atoms with Gasteiger partial charge < -0.3 is 21.9 Å². The monoisotopic (exact) mass is 232 g/mol. The molecule has 0 aromatic rings. The second-order valence-corrected chi connectivity index (χ2v) is 3.75. The lowest BCUT2D eigenvalue weighted by molar-refractivity contribution is -0.128. The van der Waals surface area contributed by atoms with Crippen molar-refractivity contribution < 1.29 is 9.53 Å². The molecule has 6 nitrogen and oxygen atoms in total. The standard InChI is InChI=1S/C10H24N4O2/c11-3-5-14(6-4-12)8-10(13)2-1-7-16-9-15/h9-10H,1-8,11-13H2. The van der Waals surface area contributed by atoms with Gasteiger partial charge in [0.1, 0.15) is 0 Å². The van der Waals surface area contributed by atoms with E-state index in [2.05, 4.69) is 9.64 Å². The molecule has 0 rings (SSSR count). The maximum atomic E-state index is 9.91. The first-order valence-electron chi connectivity index (χ1n) is 5.68. The average molecular weight is 232 g/mol. The molecule has 0 saturated heterocycles. The third-order valence-electron chi connectivity index (χ3n) is 2.29. The maximum Gasteiger partial charge on any atom is 0.293 e. The van der Waals surface area contributed by atoms with Gasteiger partial charge in [0.25, 0.3) is 6.47 Å². The molecule has 16 heavy (non-hydrogen) atoms. The van der Waals surface area contributed by atoms with Gasteiger partial charge in [0.15, 0.2) is 0 Å². The van der Waals surface area contributed by atoms with Gasteiger partial charge in [-0.3, -0.25) is 9.69 Å². The van der Waals surface area contributed by atoms with Crippen LogP contribution in [0.2, 0.25) is 0 Å². The number of hydrogen-bond acceptors (Lipinski definition) is 6. The second kappa shape index (κ2) is 10.8. The van der Waals surface area contributed by atoms with Crippen molar-refractivity contribution >= 4 is 6.47 Å². The Bertz CT molecular complexity index is 163. The Morgan fingerprint density at radius 3 is 2.38 bits per heavy atom. The smallest absolute Gasteiger partial charge is 0.293 e. The third kappa shape index (κ3) is 8.60. The van der Waals surface area contributed by atoms with E-state index in [1.54, 1.807) is 0 Å². The quantitative estimate of drug-likeness (QED) is 0.295. The van der Waals surface area contributed by atoms with E-state index < -0.39 is 0 Å². The van der Waals surface area contributed by atoms with Crippen molar-refractivity contribution in [3.05, 3.63) is 0 Å². The zero-order chi connectivity index (χ0) is 12.2. The molecule has 1 atom stereocenters. The van der Waals surface area contributed by atoms with Crippen LogP contribution >= 0.6 is 0 Å². The molecule has 0 heterocycles. The zero-order valence-electron chi connectivity index (χ0n) is 9.81. The van der Waals surface area contributed by atoms with Crippen molar-refractivity contribution in [3.8, 4) is 0 Å². The highest BCUT2D eigenvalue weighted by Gasteiger charge is 2.09. The molecule has 1 unspecified atom stereocenters. The molecule has 0 amide bonds. The van der Waals surface area contributed by atoms with Crippen molar-refractivity contribution in [1.29, 1.82) is 0 Å². The van der Waals surface area contributed by atoms with Crippen LogP contribution in [0.1, 0.15) is 12.8 Å². The van der Waals surface area contributed by atoms with Crippen LogP contribution in [-0.4, -0.2) is 56.7 Å². The summed E-state index contributed by atoms with van der Waals surface area (Å²) in [6, 6.07) is 0.0772. The number of hydrogen-bond donors (Lipinski definition) is 3. The van der Waals surface area contributed by atoms with Crippen LogP contribution in [0.25, 0.3) is 0 Å². The minimum atomic E-state index is 0.0772. The molecule has 0 aliphatic heterocycles. The number of carbonyl (C=O) groups excluding carboxylic acids is 1. The Morgan fingerprint density at radius 1 is 1.25 bits per heavy atom. The van der Waals surface area contributed by atoms with Gasteiger partial charge in [0.2, 0.25) is 0 Å². The van der Waals surface area contributed by atoms with Gasteiger partial charge >= 0.3 is 0 Å². The first-order valence-corrected chi connectivity index (χ1v) is 5.68. The fourth-order valence-corrected chi connectivity index (χ4v) is 1.56. The first kappa shape index (κ1) is 15.3. The molecule has 6 N–H and O–H groups in total. The van der Waals surface area contributed by atoms with Crippen LogP contribution in [0, 0.1) is 0 Å². The number of ether oxygens (including phenoxy) is 1. The van der Waals surface area contributed by atoms with Crippen molar-refractivity contribution in [2.45, 2.75) is 18.9 Å². The summed E-state index contributed by atoms with van der Waals surface area (Å²) in [7, 11) is 0. The molecule has 0 bridgehead atoms. The summed E-state index contributed by atoms with van der Waals surface area (Å²) in [6.45, 7) is 4.54. The van der Waals surface area contributed by atoms with Gasteiger partial charge in [-0.05, 0) is 12.8 Å². The van der Waals surface area contributed by atoms with E-state index in [0.29, 0.717) is 26.2 Å². The molecular weight excluding hydrogens is 208 g/mol. The molecule has 0 aliphatic rings. The molecular formula is C10H24N4O2. The summed E-state index contributed by atoms with van der Waals surface area (Å²) in [5.41, 5.74) is 16.9. The fraction of sp³-hybridized carbons (Fsp3) is 0.900. The molecule has 0 radical (unpaired) electrons. The highest BCUT2D eigenvalue weighted by molar-refractivity contribution is 5.36. The summed E-state index contributed by atoms with van der Waals surface area (Å²) in [6.07, 6.45) is 1.62. The van der Waals surface area contributed by atoms with Gasteiger partial charge in [-0.1, -0.05) is 0 Å². The van der Waals surface area contributed by atoms with Crippen molar-refractivity contribution in [1.82, 2.24) is 4.90 Å². The van der Waals surface area contributed by atoms with Crippen molar-refractivity contribution in [3.63, 3.8) is 0 Å². The van der Waals surface area contributed by atoms with Crippen LogP contribution < -0.4 is 17.2 Å². The summed E-state index contributed by atoms with van der Waals surface area (Å²) < 4.78 is 4.59. The molecule has 0 fully saturated rings. The van der Waals surface area contributed by atoms with E-state index >= 15 is 0 Å². The molecule has 6 heteroatoms. The normalized spacial score (nSPS) is 12.8. The first-order chi connectivity index (χ1) is 7.74. The lowest BCUT2D eigenvalue weighted by Crippen LogP contribution is -2.42. The molecule has 0 aliphatic carbocycles. The lowest BCUT2D eigenvalue weighted by atomic mass is 10.1. The van der Waals surface area contributed by atoms with Crippen LogP contribution in [0.4, 0.5) is 0 Å². The SMILES string of the molecule is NCCN(CCN)CC(N)CCCOC=O. The van der Waals surface area contributed by atoms with Crippen molar-refractivity contribution in [2.75, 3.05) is 39.3 Å². The Hall–Kier alpha value is -0.690. The summed E-state index contributed by atoms with van der Waals surface area (Å²) in [4.78, 5) is 12.1. The Balaban J connectivity index is 3.62. The topological polar surface area (TPSA) is 108 Å². The van der Waals surface area contributed by atoms with Crippen LogP contribution in [0.3, 0.4) is 0 Å². The number of rotatable bonds is 11. The van der Waals surface area contributed by atoms with Gasteiger partial charge in [-0.25, -0.2) is 0 Å². The van der Waals surface area contributed by atoms with E-state index in [9.17, 15) is 4.79 Å². The van der Waals surface area contributed by atoms with E-state index in [4.69, 9.17) is 17.2 Å². The van der Waals surface area contributed by atoms with E-state index in [-0.39, 0.29) is 6.04 Å². The second-order valence-electron chi connectivity index (χ2n) is 3.75. The maximum absolute atomic E-state index is 9.91. The Kier molecular flexibility index (Phi) is 10.3. The van der Waals surface area contributed by atoms with E-state index in [0.717, 1.165) is 32.5 Å². The number of nitrogens with two attached hydrogens (primary N) is 3. The van der Waals surface area contributed by atoms with Crippen LogP contribution in [0.5, 0.6) is 0 Å². The summed E-state index contributed by atoms with van der Waals surface area (Å²) >= 11 is 0. The van der Waals surface area contributed by atoms with Gasteiger partial charge in [0.05, 0.1) is 6.61 Å². The van der Waals surface area contributed by atoms with E-state index in [1.165, 1.54) is 0 Å². The third-order valence-corrected chi connectivity index (χ3v) is 2.29. The Labute approximate surface area is 97.1 Å². The lowest BCUT2D eigenvalue weighted by Gasteiger charge is -2.24. The van der Waals surface area contributed by atoms with Crippen LogP contribution in [0.15, 0.2) is 0 Å². The minimum Gasteiger partial charge on any atom is -0.468 e. The number of carbonyl (C=O) groups is 1. The van der Waals surface area contributed by atoms with Crippen LogP contribution in [-0.2, 0) is 9.53 Å².